The van der Waals surface area contributed by atoms with Crippen molar-refractivity contribution < 1.29 is 0 Å². The summed E-state index contributed by atoms with van der Waals surface area (Å²) in [6.07, 6.45) is 3.25. The van der Waals surface area contributed by atoms with Gasteiger partial charge in [0.2, 0.25) is 0 Å². The Hall–Kier alpha value is -3.39. The minimum absolute atomic E-state index is 0.267. The maximum Gasteiger partial charge on any atom is 0.0372 e. The molecule has 240 valence electrons. The number of hydrogen-bond donors (Lipinski definition) is 0. The zero-order valence-corrected chi connectivity index (χ0v) is 30.9. The van der Waals surface area contributed by atoms with Crippen molar-refractivity contribution in [1.29, 1.82) is 0 Å². The van der Waals surface area contributed by atoms with E-state index in [2.05, 4.69) is 210 Å². The third kappa shape index (κ3) is 6.03. The highest BCUT2D eigenvalue weighted by molar-refractivity contribution is 7.19. The van der Waals surface area contributed by atoms with Crippen LogP contribution in [0.15, 0.2) is 182 Å². The monoisotopic (exact) mass is 678 g/mol. The van der Waals surface area contributed by atoms with Crippen molar-refractivity contribution in [3.8, 4) is 0 Å². The van der Waals surface area contributed by atoms with Crippen LogP contribution in [0.1, 0.15) is 52.6 Å². The fraction of sp³-hybridized carbons (Fsp3) is 0.200. The first-order valence-electron chi connectivity index (χ1n) is 17.1. The molecule has 48 heavy (non-hydrogen) atoms. The molecule has 0 bridgehead atoms. The van der Waals surface area contributed by atoms with Gasteiger partial charge in [-0.25, -0.2) is 0 Å². The van der Waals surface area contributed by atoms with E-state index >= 15 is 0 Å². The molecule has 6 aromatic carbocycles. The van der Waals surface area contributed by atoms with E-state index in [1.54, 1.807) is 0 Å². The summed E-state index contributed by atoms with van der Waals surface area (Å²) < 4.78 is 0. The van der Waals surface area contributed by atoms with Crippen molar-refractivity contribution >= 4 is 27.7 Å². The minimum atomic E-state index is -0.267. The minimum Gasteiger partial charge on any atom is -0.121 e. The third-order valence-electron chi connectivity index (χ3n) is 11.1. The number of rotatable bonds is 9. The lowest BCUT2D eigenvalue weighted by Gasteiger charge is -2.54. The van der Waals surface area contributed by atoms with Gasteiger partial charge in [0.15, 0.2) is 0 Å². The molecule has 3 heteroatoms. The van der Waals surface area contributed by atoms with Gasteiger partial charge < -0.3 is 0 Å². The van der Waals surface area contributed by atoms with Crippen LogP contribution in [0.25, 0.3) is 0 Å². The summed E-state index contributed by atoms with van der Waals surface area (Å²) in [6, 6.07) is 67.4. The first kappa shape index (κ1) is 33.1. The topological polar surface area (TPSA) is 0 Å². The van der Waals surface area contributed by atoms with Crippen LogP contribution in [-0.4, -0.2) is 0 Å². The van der Waals surface area contributed by atoms with Gasteiger partial charge in [-0.3, -0.25) is 0 Å². The zero-order chi connectivity index (χ0) is 33.0. The Morgan fingerprint density at radius 3 is 0.562 bits per heavy atom. The van der Waals surface area contributed by atoms with Gasteiger partial charge in [0.1, 0.15) is 0 Å². The summed E-state index contributed by atoms with van der Waals surface area (Å²) in [6.45, 7) is 0. The first-order valence-corrected chi connectivity index (χ1v) is 18.9. The van der Waals surface area contributed by atoms with E-state index in [-0.39, 0.29) is 15.5 Å². The molecule has 3 atom stereocenters. The zero-order valence-electron chi connectivity index (χ0n) is 27.4. The van der Waals surface area contributed by atoms with Gasteiger partial charge in [-0.1, -0.05) is 182 Å². The number of hydrogen-bond acceptors (Lipinski definition) is 0. The van der Waals surface area contributed by atoms with Crippen molar-refractivity contribution in [1.82, 2.24) is 0 Å². The summed E-state index contributed by atoms with van der Waals surface area (Å²) >= 11 is 0. The van der Waals surface area contributed by atoms with Gasteiger partial charge in [-0.2, -0.15) is 0 Å². The smallest absolute Gasteiger partial charge is 0.0372 e. The lowest BCUT2D eigenvalue weighted by Crippen LogP contribution is -2.46. The molecule has 0 saturated heterocycles. The van der Waals surface area contributed by atoms with Gasteiger partial charge in [0.25, 0.3) is 0 Å². The second kappa shape index (κ2) is 14.2. The molecule has 1 saturated carbocycles. The highest BCUT2D eigenvalue weighted by Gasteiger charge is 2.52. The normalized spacial score (nSPS) is 18.7. The predicted molar refractivity (Wildman–Crippen MR) is 214 cm³/mol. The van der Waals surface area contributed by atoms with Gasteiger partial charge in [0, 0.05) is 15.5 Å². The molecular formula is C45H45P3. The van der Waals surface area contributed by atoms with Crippen LogP contribution in [0.5, 0.6) is 0 Å². The van der Waals surface area contributed by atoms with E-state index in [9.17, 15) is 0 Å². The Bertz CT molecular complexity index is 1530. The van der Waals surface area contributed by atoms with Crippen LogP contribution in [-0.2, 0) is 15.5 Å². The number of benzene rings is 6. The highest BCUT2D eigenvalue weighted by atomic mass is 31.0. The Morgan fingerprint density at radius 2 is 0.417 bits per heavy atom. The summed E-state index contributed by atoms with van der Waals surface area (Å²) in [7, 11) is 10.3. The van der Waals surface area contributed by atoms with E-state index in [4.69, 9.17) is 0 Å². The average Bonchev–Trinajstić information content (AvgIpc) is 3.18. The molecule has 1 aliphatic rings. The highest BCUT2D eigenvalue weighted by Crippen LogP contribution is 2.62. The van der Waals surface area contributed by atoms with Crippen LogP contribution in [0.3, 0.4) is 0 Å². The van der Waals surface area contributed by atoms with Crippen LogP contribution in [0.4, 0.5) is 0 Å². The van der Waals surface area contributed by atoms with E-state index < -0.39 is 0 Å². The van der Waals surface area contributed by atoms with E-state index in [1.807, 2.05) is 0 Å². The molecule has 1 aliphatic carbocycles. The molecule has 0 radical (unpaired) electrons. The summed E-state index contributed by atoms with van der Waals surface area (Å²) in [4.78, 5) is 0. The van der Waals surface area contributed by atoms with Gasteiger partial charge in [0.05, 0.1) is 0 Å². The van der Waals surface area contributed by atoms with Gasteiger partial charge in [-0.15, -0.1) is 27.7 Å². The lowest BCUT2D eigenvalue weighted by molar-refractivity contribution is 0.131. The predicted octanol–water partition coefficient (Wildman–Crippen LogP) is 11.5. The fourth-order valence-electron chi connectivity index (χ4n) is 8.63. The Labute approximate surface area is 294 Å². The summed E-state index contributed by atoms with van der Waals surface area (Å²) in [5, 5.41) is -0.800. The Morgan fingerprint density at radius 1 is 0.271 bits per heavy atom. The molecule has 0 heterocycles. The maximum absolute atomic E-state index is 3.43. The fourth-order valence-corrected chi connectivity index (χ4v) is 10.6. The largest absolute Gasteiger partial charge is 0.121 e. The molecule has 7 rings (SSSR count). The Balaban J connectivity index is 1.47. The van der Waals surface area contributed by atoms with Crippen LogP contribution in [0, 0.1) is 17.8 Å². The standard InChI is InChI=1S/C45H45P3/c46-43(34-19-7-1-8-20-34,35-21-9-2-10-22-35)40-31-41(44(47,36-23-11-3-12-24-36)37-25-13-4-14-26-37)33-42(32-40)45(48,38-27-15-5-16-28-38)39-29-17-6-18-30-39/h1-30,40-42H,31-33,46-48H2. The van der Waals surface area contributed by atoms with E-state index in [0.717, 1.165) is 19.3 Å². The van der Waals surface area contributed by atoms with Crippen molar-refractivity contribution in [2.75, 3.05) is 0 Å². The average molecular weight is 679 g/mol. The van der Waals surface area contributed by atoms with Crippen molar-refractivity contribution in [3.05, 3.63) is 215 Å². The van der Waals surface area contributed by atoms with E-state index in [1.165, 1.54) is 33.4 Å². The molecular weight excluding hydrogens is 633 g/mol. The second-order valence-electron chi connectivity index (χ2n) is 13.6. The molecule has 0 nitrogen and oxygen atoms in total. The molecule has 0 aromatic heterocycles. The van der Waals surface area contributed by atoms with Crippen molar-refractivity contribution in [3.63, 3.8) is 0 Å². The van der Waals surface area contributed by atoms with Crippen LogP contribution >= 0.6 is 27.7 Å². The van der Waals surface area contributed by atoms with Crippen LogP contribution in [0.2, 0.25) is 0 Å². The molecule has 6 aromatic rings. The molecule has 1 fully saturated rings. The van der Waals surface area contributed by atoms with Crippen molar-refractivity contribution in [2.45, 2.75) is 34.7 Å². The lowest BCUT2D eigenvalue weighted by atomic mass is 9.58. The van der Waals surface area contributed by atoms with Crippen molar-refractivity contribution in [2.24, 2.45) is 17.8 Å². The molecule has 0 spiro atoms. The second-order valence-corrected chi connectivity index (χ2v) is 16.3. The summed E-state index contributed by atoms with van der Waals surface area (Å²) in [5.74, 6) is 1.03. The van der Waals surface area contributed by atoms with Gasteiger partial charge in [-0.05, 0) is 70.4 Å². The van der Waals surface area contributed by atoms with E-state index in [0.29, 0.717) is 17.8 Å². The quantitative estimate of drug-likeness (QED) is 0.134. The van der Waals surface area contributed by atoms with Gasteiger partial charge >= 0.3 is 0 Å². The van der Waals surface area contributed by atoms with Crippen LogP contribution < -0.4 is 0 Å². The first-order chi connectivity index (χ1) is 23.4. The molecule has 0 amide bonds. The summed E-state index contributed by atoms with van der Waals surface area (Å²) in [5.41, 5.74) is 8.13. The SMILES string of the molecule is PC(c1ccccc1)(c1ccccc1)C1CC(C(P)(c2ccccc2)c2ccccc2)CC(C(P)(c2ccccc2)c2ccccc2)C1. The Kier molecular flexibility index (Phi) is 9.82. The molecule has 0 N–H and O–H groups in total. The molecule has 3 unspecified atom stereocenters. The third-order valence-corrected chi connectivity index (χ3v) is 14.6. The maximum atomic E-state index is 3.43. The molecule has 0 aliphatic heterocycles.